The molecule has 0 fully saturated rings. The van der Waals surface area contributed by atoms with Crippen LogP contribution in [0.2, 0.25) is 0 Å². The van der Waals surface area contributed by atoms with Gasteiger partial charge in [-0.2, -0.15) is 0 Å². The molecule has 1 amide bonds. The number of allylic oxidation sites excluding steroid dienone is 1. The number of hydrogen-bond acceptors (Lipinski definition) is 10. The predicted molar refractivity (Wildman–Crippen MR) is 120 cm³/mol. The molecule has 3 atom stereocenters. The molecule has 0 radical (unpaired) electrons. The zero-order valence-corrected chi connectivity index (χ0v) is 19.7. The van der Waals surface area contributed by atoms with E-state index in [4.69, 9.17) is 9.47 Å². The van der Waals surface area contributed by atoms with Gasteiger partial charge in [-0.1, -0.05) is 13.0 Å². The molecule has 0 bridgehead atoms. The number of nitrogens with one attached hydrogen (secondary N) is 1. The van der Waals surface area contributed by atoms with Crippen LogP contribution in [0.15, 0.2) is 36.4 Å². The lowest BCUT2D eigenvalue weighted by Gasteiger charge is -2.32. The van der Waals surface area contributed by atoms with Gasteiger partial charge in [-0.05, 0) is 43.9 Å². The lowest BCUT2D eigenvalue weighted by molar-refractivity contribution is -0.384. The maximum atomic E-state index is 13.1. The molecule has 12 heteroatoms. The Morgan fingerprint density at radius 1 is 1.14 bits per heavy atom. The van der Waals surface area contributed by atoms with Crippen LogP contribution >= 0.6 is 0 Å². The van der Waals surface area contributed by atoms with Crippen molar-refractivity contribution < 1.29 is 43.0 Å². The van der Waals surface area contributed by atoms with Crippen LogP contribution < -0.4 is 10.1 Å². The van der Waals surface area contributed by atoms with E-state index in [1.807, 2.05) is 0 Å². The van der Waals surface area contributed by atoms with Gasteiger partial charge in [-0.3, -0.25) is 19.7 Å². The maximum absolute atomic E-state index is 13.1. The predicted octanol–water partition coefficient (Wildman–Crippen LogP) is 2.84. The van der Waals surface area contributed by atoms with E-state index in [0.29, 0.717) is 19.3 Å². The van der Waals surface area contributed by atoms with E-state index < -0.39 is 46.5 Å². The number of amides is 1. The van der Waals surface area contributed by atoms with Crippen molar-refractivity contribution in [3.63, 3.8) is 0 Å². The zero-order valence-electron chi connectivity index (χ0n) is 19.7. The number of esters is 2. The second-order valence-corrected chi connectivity index (χ2v) is 8.16. The van der Waals surface area contributed by atoms with E-state index in [9.17, 15) is 29.3 Å². The van der Waals surface area contributed by atoms with Gasteiger partial charge < -0.3 is 24.3 Å². The minimum absolute atomic E-state index is 0.0825. The van der Waals surface area contributed by atoms with Crippen LogP contribution in [0.5, 0.6) is 5.75 Å². The second-order valence-electron chi connectivity index (χ2n) is 8.16. The normalized spacial score (nSPS) is 21.3. The largest absolute Gasteiger partial charge is 0.514 e. The summed E-state index contributed by atoms with van der Waals surface area (Å²) in [5, 5.41) is 13.3. The number of ether oxygens (including phenoxy) is 4. The number of carbonyl (C=O) groups is 4. The van der Waals surface area contributed by atoms with E-state index in [2.05, 4.69) is 14.8 Å². The Labute approximate surface area is 201 Å². The second kappa shape index (κ2) is 12.5. The Balaban J connectivity index is 1.99. The number of nitro groups is 1. The standard InChI is InChI=1S/C23H28N2O10/c1-23(21(28)24-18(20(27)33-3)14-19(26)32-2)12-5-4-6-16(11-13-23)34-22(29)35-17-9-7-15(8-10-17)25(30)31/h4,6-10,16,18H,5,11-14H2,1-3H3,(H,24,28)/b6-4+/t16-,18-,23+/m0/s1. The summed E-state index contributed by atoms with van der Waals surface area (Å²) < 4.78 is 19.7. The number of methoxy groups -OCH3 is 2. The van der Waals surface area contributed by atoms with Crippen molar-refractivity contribution in [1.29, 1.82) is 0 Å². The van der Waals surface area contributed by atoms with Crippen LogP contribution in [0.4, 0.5) is 10.5 Å². The van der Waals surface area contributed by atoms with Gasteiger partial charge in [0.15, 0.2) is 0 Å². The minimum atomic E-state index is -1.19. The Hall–Kier alpha value is -3.96. The van der Waals surface area contributed by atoms with Gasteiger partial charge in [0, 0.05) is 17.5 Å². The number of nitro benzene ring substituents is 1. The summed E-state index contributed by atoms with van der Waals surface area (Å²) in [5.41, 5.74) is -1.07. The zero-order chi connectivity index (χ0) is 26.0. The van der Waals surface area contributed by atoms with E-state index in [0.717, 1.165) is 7.11 Å². The molecule has 35 heavy (non-hydrogen) atoms. The van der Waals surface area contributed by atoms with Crippen molar-refractivity contribution in [2.45, 2.75) is 51.2 Å². The Bertz CT molecular complexity index is 975. The van der Waals surface area contributed by atoms with Crippen molar-refractivity contribution in [2.75, 3.05) is 14.2 Å². The highest BCUT2D eigenvalue weighted by Crippen LogP contribution is 2.33. The minimum Gasteiger partial charge on any atom is -0.469 e. The first-order valence-electron chi connectivity index (χ1n) is 10.8. The topological polar surface area (TPSA) is 160 Å². The molecule has 12 nitrogen and oxygen atoms in total. The fourth-order valence-corrected chi connectivity index (χ4v) is 3.46. The molecule has 0 aromatic heterocycles. The van der Waals surface area contributed by atoms with Crippen LogP contribution in [0.1, 0.15) is 39.0 Å². The number of rotatable bonds is 8. The third-order valence-electron chi connectivity index (χ3n) is 5.63. The van der Waals surface area contributed by atoms with Gasteiger partial charge in [-0.25, -0.2) is 9.59 Å². The quantitative estimate of drug-likeness (QED) is 0.143. The molecule has 190 valence electrons. The fourth-order valence-electron chi connectivity index (χ4n) is 3.46. The van der Waals surface area contributed by atoms with Gasteiger partial charge in [0.05, 0.1) is 25.6 Å². The summed E-state index contributed by atoms with van der Waals surface area (Å²) in [5.74, 6) is -1.81. The maximum Gasteiger partial charge on any atom is 0.514 e. The average molecular weight is 492 g/mol. The van der Waals surface area contributed by atoms with E-state index in [1.165, 1.54) is 31.4 Å². The molecule has 1 aromatic carbocycles. The Kier molecular flexibility index (Phi) is 9.74. The summed E-state index contributed by atoms with van der Waals surface area (Å²) in [6.07, 6.45) is 2.99. The van der Waals surface area contributed by atoms with Gasteiger partial charge >= 0.3 is 18.1 Å². The monoisotopic (exact) mass is 492 g/mol. The van der Waals surface area contributed by atoms with E-state index in [1.54, 1.807) is 19.1 Å². The smallest absolute Gasteiger partial charge is 0.469 e. The van der Waals surface area contributed by atoms with Gasteiger partial charge in [0.25, 0.3) is 5.69 Å². The third-order valence-corrected chi connectivity index (χ3v) is 5.63. The molecule has 2 rings (SSSR count). The molecule has 0 heterocycles. The highest BCUT2D eigenvalue weighted by molar-refractivity contribution is 5.90. The third kappa shape index (κ3) is 8.09. The SMILES string of the molecule is COC(=O)C[C@H](NC(=O)[C@]1(C)CC/C=C/[C@H](OC(=O)Oc2ccc([N+](=O)[O-])cc2)CC1)C(=O)OC. The summed E-state index contributed by atoms with van der Waals surface area (Å²) >= 11 is 0. The molecular weight excluding hydrogens is 464 g/mol. The first-order valence-corrected chi connectivity index (χ1v) is 10.8. The molecule has 0 unspecified atom stereocenters. The molecule has 0 spiro atoms. The Morgan fingerprint density at radius 2 is 1.83 bits per heavy atom. The Morgan fingerprint density at radius 3 is 2.43 bits per heavy atom. The number of benzene rings is 1. The van der Waals surface area contributed by atoms with Crippen molar-refractivity contribution in [1.82, 2.24) is 5.32 Å². The molecule has 1 aliphatic carbocycles. The van der Waals surface area contributed by atoms with Gasteiger partial charge in [-0.15, -0.1) is 0 Å². The fraction of sp³-hybridized carbons (Fsp3) is 0.478. The van der Waals surface area contributed by atoms with Crippen LogP contribution in [0.25, 0.3) is 0 Å². The van der Waals surface area contributed by atoms with Crippen molar-refractivity contribution in [3.8, 4) is 5.75 Å². The molecule has 1 aromatic rings. The lowest BCUT2D eigenvalue weighted by atomic mass is 9.77. The van der Waals surface area contributed by atoms with E-state index >= 15 is 0 Å². The van der Waals surface area contributed by atoms with Gasteiger partial charge in [0.1, 0.15) is 17.9 Å². The average Bonchev–Trinajstić information content (AvgIpc) is 2.82. The molecule has 0 saturated heterocycles. The molecule has 1 aliphatic rings. The first-order chi connectivity index (χ1) is 16.6. The van der Waals surface area contributed by atoms with Crippen LogP contribution in [0.3, 0.4) is 0 Å². The summed E-state index contributed by atoms with van der Waals surface area (Å²) in [7, 11) is 2.33. The highest BCUT2D eigenvalue weighted by Gasteiger charge is 2.37. The van der Waals surface area contributed by atoms with Crippen molar-refractivity contribution in [3.05, 3.63) is 46.5 Å². The number of non-ortho nitro benzene ring substituents is 1. The van der Waals surface area contributed by atoms with Crippen LogP contribution in [-0.4, -0.2) is 55.3 Å². The van der Waals surface area contributed by atoms with Crippen molar-refractivity contribution >= 4 is 29.7 Å². The number of hydrogen-bond donors (Lipinski definition) is 1. The molecule has 1 N–H and O–H groups in total. The summed E-state index contributed by atoms with van der Waals surface area (Å²) in [6, 6.07) is 3.76. The van der Waals surface area contributed by atoms with Crippen molar-refractivity contribution in [2.24, 2.45) is 5.41 Å². The number of carbonyl (C=O) groups excluding carboxylic acids is 4. The first kappa shape index (κ1) is 27.3. The van der Waals surface area contributed by atoms with Gasteiger partial charge in [0.2, 0.25) is 5.91 Å². The van der Waals surface area contributed by atoms with Crippen LogP contribution in [-0.2, 0) is 28.6 Å². The highest BCUT2D eigenvalue weighted by atomic mass is 16.7. The molecule has 0 saturated carbocycles. The lowest BCUT2D eigenvalue weighted by Crippen LogP contribution is -2.49. The molecule has 0 aliphatic heterocycles. The number of nitrogens with zero attached hydrogens (tertiary/aromatic N) is 1. The molecular formula is C23H28N2O10. The summed E-state index contributed by atoms with van der Waals surface area (Å²) in [4.78, 5) is 59.0. The van der Waals surface area contributed by atoms with E-state index in [-0.39, 0.29) is 24.3 Å². The van der Waals surface area contributed by atoms with Crippen LogP contribution in [0, 0.1) is 15.5 Å². The summed E-state index contributed by atoms with van der Waals surface area (Å²) in [6.45, 7) is 1.72.